The van der Waals surface area contributed by atoms with Gasteiger partial charge in [-0.15, -0.1) is 0 Å². The van der Waals surface area contributed by atoms with Crippen LogP contribution in [0, 0.1) is 3.57 Å². The summed E-state index contributed by atoms with van der Waals surface area (Å²) in [4.78, 5) is 0. The first-order valence-corrected chi connectivity index (χ1v) is 8.40. The molecule has 2 N–H and O–H groups in total. The van der Waals surface area contributed by atoms with E-state index < -0.39 is 6.10 Å². The molecule has 2 rings (SSSR count). The van der Waals surface area contributed by atoms with Gasteiger partial charge in [-0.05, 0) is 59.0 Å². The summed E-state index contributed by atoms with van der Waals surface area (Å²) in [6.45, 7) is 0.643. The van der Waals surface area contributed by atoms with Crippen molar-refractivity contribution in [2.24, 2.45) is 0 Å². The molecule has 0 fully saturated rings. The molecule has 21 heavy (non-hydrogen) atoms. The fraction of sp³-hybridized carbons (Fsp3) is 0.250. The lowest BCUT2D eigenvalue weighted by atomic mass is 9.89. The first kappa shape index (κ1) is 17.0. The predicted molar refractivity (Wildman–Crippen MR) is 97.2 cm³/mol. The molecule has 0 radical (unpaired) electrons. The van der Waals surface area contributed by atoms with E-state index in [0.29, 0.717) is 16.6 Å². The Bertz CT molecular complexity index is 621. The van der Waals surface area contributed by atoms with Crippen LogP contribution in [0.1, 0.15) is 23.1 Å². The maximum atomic E-state index is 10.8. The summed E-state index contributed by atoms with van der Waals surface area (Å²) in [5.74, 6) is -0.0966. The molecule has 0 aliphatic carbocycles. The number of hydrogen-bond donors (Lipinski definition) is 2. The highest BCUT2D eigenvalue weighted by Crippen LogP contribution is 2.35. The molecule has 0 aliphatic rings. The largest absolute Gasteiger partial charge is 0.388 e. The van der Waals surface area contributed by atoms with Crippen molar-refractivity contribution in [3.05, 3.63) is 67.2 Å². The van der Waals surface area contributed by atoms with E-state index in [4.69, 9.17) is 23.2 Å². The van der Waals surface area contributed by atoms with Crippen molar-refractivity contribution in [2.45, 2.75) is 12.0 Å². The van der Waals surface area contributed by atoms with Gasteiger partial charge in [0.05, 0.1) is 16.1 Å². The van der Waals surface area contributed by atoms with Gasteiger partial charge in [0.2, 0.25) is 0 Å². The van der Waals surface area contributed by atoms with Gasteiger partial charge in [-0.1, -0.05) is 47.5 Å². The minimum Gasteiger partial charge on any atom is -0.388 e. The fourth-order valence-corrected chi connectivity index (χ4v) is 3.32. The van der Waals surface area contributed by atoms with Gasteiger partial charge in [0.15, 0.2) is 0 Å². The second-order valence-electron chi connectivity index (χ2n) is 4.80. The Balaban J connectivity index is 2.38. The van der Waals surface area contributed by atoms with Gasteiger partial charge in [-0.3, -0.25) is 0 Å². The molecule has 2 aromatic rings. The molecule has 2 aromatic carbocycles. The van der Waals surface area contributed by atoms with E-state index in [2.05, 4.69) is 27.9 Å². The molecule has 0 saturated heterocycles. The smallest absolute Gasteiger partial charge is 0.0880 e. The van der Waals surface area contributed by atoms with E-state index in [1.165, 1.54) is 0 Å². The first-order valence-electron chi connectivity index (χ1n) is 6.56. The average molecular weight is 436 g/mol. The number of hydrogen-bond acceptors (Lipinski definition) is 2. The van der Waals surface area contributed by atoms with E-state index in [1.807, 2.05) is 43.4 Å². The molecule has 2 nitrogen and oxygen atoms in total. The van der Waals surface area contributed by atoms with Crippen LogP contribution in [-0.4, -0.2) is 18.7 Å². The maximum Gasteiger partial charge on any atom is 0.0880 e. The number of rotatable bonds is 5. The number of likely N-dealkylation sites (N-methyl/N-ethyl adjacent to an activating group) is 1. The summed E-state index contributed by atoms with van der Waals surface area (Å²) < 4.78 is 1.05. The second-order valence-corrected chi connectivity index (χ2v) is 6.78. The highest BCUT2D eigenvalue weighted by molar-refractivity contribution is 14.1. The Morgan fingerprint density at radius 3 is 2.48 bits per heavy atom. The lowest BCUT2D eigenvalue weighted by molar-refractivity contribution is 0.143. The molecular formula is C16H16Cl2INO. The molecule has 2 atom stereocenters. The van der Waals surface area contributed by atoms with Gasteiger partial charge in [0.1, 0.15) is 0 Å². The molecule has 0 saturated carbocycles. The summed E-state index contributed by atoms with van der Waals surface area (Å²) in [6.07, 6.45) is -0.609. The lowest BCUT2D eigenvalue weighted by Crippen LogP contribution is -2.23. The van der Waals surface area contributed by atoms with Crippen molar-refractivity contribution in [2.75, 3.05) is 13.6 Å². The van der Waals surface area contributed by atoms with Crippen LogP contribution in [-0.2, 0) is 0 Å². The van der Waals surface area contributed by atoms with E-state index in [1.54, 1.807) is 6.07 Å². The van der Waals surface area contributed by atoms with Crippen molar-refractivity contribution in [3.8, 4) is 0 Å². The molecule has 0 aliphatic heterocycles. The van der Waals surface area contributed by atoms with Crippen LogP contribution in [0.4, 0.5) is 0 Å². The molecule has 0 spiro atoms. The average Bonchev–Trinajstić information content (AvgIpc) is 2.48. The molecule has 0 bridgehead atoms. The lowest BCUT2D eigenvalue weighted by Gasteiger charge is -2.25. The zero-order valence-electron chi connectivity index (χ0n) is 11.5. The van der Waals surface area contributed by atoms with Gasteiger partial charge in [0, 0.05) is 16.0 Å². The standard InChI is InChI=1S/C16H16Cl2INO/c1-20-9-12(10-6-7-13(17)14(18)8-10)16(21)11-4-2-3-5-15(11)19/h2-8,12,16,20-21H,9H2,1H3/t12?,16-/m0/s1. The van der Waals surface area contributed by atoms with Crippen LogP contribution in [0.25, 0.3) is 0 Å². The number of aliphatic hydroxyl groups excluding tert-OH is 1. The highest BCUT2D eigenvalue weighted by Gasteiger charge is 2.24. The Labute approximate surface area is 148 Å². The SMILES string of the molecule is CNCC(c1ccc(Cl)c(Cl)c1)[C@@H](O)c1ccccc1I. The molecular weight excluding hydrogens is 420 g/mol. The third-order valence-corrected chi connectivity index (χ3v) is 5.12. The third kappa shape index (κ3) is 4.11. The number of aliphatic hydroxyl groups is 1. The summed E-state index contributed by atoms with van der Waals surface area (Å²) in [6, 6.07) is 13.3. The molecule has 5 heteroatoms. The van der Waals surface area contributed by atoms with Crippen molar-refractivity contribution in [1.82, 2.24) is 5.32 Å². The molecule has 1 unspecified atom stereocenters. The van der Waals surface area contributed by atoms with Gasteiger partial charge >= 0.3 is 0 Å². The summed E-state index contributed by atoms with van der Waals surface area (Å²) in [5, 5.41) is 14.9. The first-order chi connectivity index (χ1) is 10.0. The Morgan fingerprint density at radius 1 is 1.14 bits per heavy atom. The Morgan fingerprint density at radius 2 is 1.86 bits per heavy atom. The number of halogens is 3. The zero-order valence-corrected chi connectivity index (χ0v) is 15.2. The minimum absolute atomic E-state index is 0.0966. The molecule has 0 heterocycles. The highest BCUT2D eigenvalue weighted by atomic mass is 127. The van der Waals surface area contributed by atoms with Crippen LogP contribution in [0.15, 0.2) is 42.5 Å². The van der Waals surface area contributed by atoms with E-state index in [0.717, 1.165) is 14.7 Å². The monoisotopic (exact) mass is 435 g/mol. The Kier molecular flexibility index (Phi) is 6.32. The van der Waals surface area contributed by atoms with Crippen LogP contribution >= 0.6 is 45.8 Å². The quantitative estimate of drug-likeness (QED) is 0.670. The van der Waals surface area contributed by atoms with Crippen LogP contribution in [0.2, 0.25) is 10.0 Å². The molecule has 0 amide bonds. The van der Waals surface area contributed by atoms with E-state index in [-0.39, 0.29) is 5.92 Å². The van der Waals surface area contributed by atoms with Crippen LogP contribution < -0.4 is 5.32 Å². The van der Waals surface area contributed by atoms with E-state index >= 15 is 0 Å². The normalized spacial score (nSPS) is 14.0. The maximum absolute atomic E-state index is 10.8. The second kappa shape index (κ2) is 7.79. The van der Waals surface area contributed by atoms with Crippen LogP contribution in [0.5, 0.6) is 0 Å². The summed E-state index contributed by atoms with van der Waals surface area (Å²) in [5.41, 5.74) is 1.88. The van der Waals surface area contributed by atoms with Gasteiger partial charge in [-0.25, -0.2) is 0 Å². The molecule has 112 valence electrons. The fourth-order valence-electron chi connectivity index (χ4n) is 2.31. The van der Waals surface area contributed by atoms with E-state index in [9.17, 15) is 5.11 Å². The topological polar surface area (TPSA) is 32.3 Å². The van der Waals surface area contributed by atoms with Crippen molar-refractivity contribution in [1.29, 1.82) is 0 Å². The zero-order chi connectivity index (χ0) is 15.4. The number of nitrogens with one attached hydrogen (secondary N) is 1. The number of benzene rings is 2. The van der Waals surface area contributed by atoms with Gasteiger partial charge in [-0.2, -0.15) is 0 Å². The van der Waals surface area contributed by atoms with Gasteiger partial charge < -0.3 is 10.4 Å². The molecule has 0 aromatic heterocycles. The minimum atomic E-state index is -0.609. The summed E-state index contributed by atoms with van der Waals surface area (Å²) >= 11 is 14.3. The van der Waals surface area contributed by atoms with Crippen molar-refractivity contribution >= 4 is 45.8 Å². The summed E-state index contributed by atoms with van der Waals surface area (Å²) in [7, 11) is 1.87. The van der Waals surface area contributed by atoms with Crippen LogP contribution in [0.3, 0.4) is 0 Å². The third-order valence-electron chi connectivity index (χ3n) is 3.40. The van der Waals surface area contributed by atoms with Gasteiger partial charge in [0.25, 0.3) is 0 Å². The Hall–Kier alpha value is -0.330. The van der Waals surface area contributed by atoms with Crippen molar-refractivity contribution in [3.63, 3.8) is 0 Å². The predicted octanol–water partition coefficient (Wildman–Crippen LogP) is 4.63. The van der Waals surface area contributed by atoms with Crippen molar-refractivity contribution < 1.29 is 5.11 Å².